The van der Waals surface area contributed by atoms with Crippen LogP contribution in [0.5, 0.6) is 5.75 Å². The van der Waals surface area contributed by atoms with Crippen molar-refractivity contribution in [3.05, 3.63) is 24.5 Å². The lowest BCUT2D eigenvalue weighted by atomic mass is 10.0. The summed E-state index contributed by atoms with van der Waals surface area (Å²) in [7, 11) is 0. The first kappa shape index (κ1) is 17.7. The number of carbonyl (C=O) groups excluding carboxylic acids is 2. The molecule has 1 aliphatic heterocycles. The third kappa shape index (κ3) is 4.71. The van der Waals surface area contributed by atoms with E-state index in [-0.39, 0.29) is 24.5 Å². The number of carbonyl (C=O) groups is 2. The quantitative estimate of drug-likeness (QED) is 0.791. The topological polar surface area (TPSA) is 62.7 Å². The molecular weight excluding hydrogens is 318 g/mol. The average molecular weight is 345 g/mol. The van der Waals surface area contributed by atoms with Gasteiger partial charge in [0, 0.05) is 32.3 Å². The van der Waals surface area contributed by atoms with Crippen LogP contribution in [0.3, 0.4) is 0 Å². The highest BCUT2D eigenvalue weighted by molar-refractivity contribution is 5.81. The van der Waals surface area contributed by atoms with E-state index in [0.717, 1.165) is 6.54 Å². The normalized spacial score (nSPS) is 21.4. The molecule has 1 atom stereocenters. The summed E-state index contributed by atoms with van der Waals surface area (Å²) in [4.78, 5) is 33.0. The van der Waals surface area contributed by atoms with Gasteiger partial charge in [0.05, 0.1) is 12.2 Å². The molecule has 1 unspecified atom stereocenters. The maximum absolute atomic E-state index is 12.6. The van der Waals surface area contributed by atoms with Crippen LogP contribution in [0.2, 0.25) is 0 Å². The van der Waals surface area contributed by atoms with Crippen LogP contribution in [0, 0.1) is 11.8 Å². The summed E-state index contributed by atoms with van der Waals surface area (Å²) in [5.41, 5.74) is 0. The van der Waals surface area contributed by atoms with Crippen molar-refractivity contribution >= 4 is 11.8 Å². The first-order valence-electron chi connectivity index (χ1n) is 9.14. The van der Waals surface area contributed by atoms with Gasteiger partial charge in [-0.1, -0.05) is 13.8 Å². The van der Waals surface area contributed by atoms with Gasteiger partial charge in [0.1, 0.15) is 5.75 Å². The molecular formula is C19H27N3O3. The van der Waals surface area contributed by atoms with Crippen LogP contribution in [0.4, 0.5) is 0 Å². The van der Waals surface area contributed by atoms with Crippen LogP contribution in [0.25, 0.3) is 0 Å². The SMILES string of the molecule is CC(C)C1CN(C(=O)COc2cccnc2)CCC(=O)N1CC1CC1. The van der Waals surface area contributed by atoms with Crippen molar-refractivity contribution in [3.63, 3.8) is 0 Å². The van der Waals surface area contributed by atoms with Crippen molar-refractivity contribution in [1.29, 1.82) is 0 Å². The van der Waals surface area contributed by atoms with E-state index >= 15 is 0 Å². The van der Waals surface area contributed by atoms with E-state index in [0.29, 0.717) is 37.1 Å². The Morgan fingerprint density at radius 2 is 2.20 bits per heavy atom. The van der Waals surface area contributed by atoms with Gasteiger partial charge in [-0.15, -0.1) is 0 Å². The van der Waals surface area contributed by atoms with E-state index in [1.807, 2.05) is 4.90 Å². The lowest BCUT2D eigenvalue weighted by Gasteiger charge is -2.34. The molecule has 1 aromatic heterocycles. The second-order valence-electron chi connectivity index (χ2n) is 7.37. The molecule has 2 aliphatic rings. The summed E-state index contributed by atoms with van der Waals surface area (Å²) < 4.78 is 5.53. The third-order valence-corrected chi connectivity index (χ3v) is 4.99. The smallest absolute Gasteiger partial charge is 0.260 e. The summed E-state index contributed by atoms with van der Waals surface area (Å²) >= 11 is 0. The van der Waals surface area contributed by atoms with Crippen LogP contribution >= 0.6 is 0 Å². The molecule has 2 fully saturated rings. The molecule has 6 nitrogen and oxygen atoms in total. The zero-order valence-electron chi connectivity index (χ0n) is 15.1. The lowest BCUT2D eigenvalue weighted by Crippen LogP contribution is -2.48. The predicted molar refractivity (Wildman–Crippen MR) is 94.0 cm³/mol. The molecule has 25 heavy (non-hydrogen) atoms. The summed E-state index contributed by atoms with van der Waals surface area (Å²) in [6.07, 6.45) is 6.09. The molecule has 0 spiro atoms. The van der Waals surface area contributed by atoms with Gasteiger partial charge in [0.15, 0.2) is 6.61 Å². The number of pyridine rings is 1. The maximum atomic E-state index is 12.6. The molecule has 3 rings (SSSR count). The van der Waals surface area contributed by atoms with Gasteiger partial charge in [0.2, 0.25) is 5.91 Å². The predicted octanol–water partition coefficient (Wildman–Crippen LogP) is 1.96. The van der Waals surface area contributed by atoms with Crippen molar-refractivity contribution in [2.75, 3.05) is 26.2 Å². The maximum Gasteiger partial charge on any atom is 0.260 e. The van der Waals surface area contributed by atoms with E-state index in [4.69, 9.17) is 4.74 Å². The van der Waals surface area contributed by atoms with Gasteiger partial charge < -0.3 is 14.5 Å². The zero-order chi connectivity index (χ0) is 17.8. The fourth-order valence-corrected chi connectivity index (χ4v) is 3.26. The number of nitrogens with zero attached hydrogens (tertiary/aromatic N) is 3. The lowest BCUT2D eigenvalue weighted by molar-refractivity contribution is -0.135. The van der Waals surface area contributed by atoms with Gasteiger partial charge in [-0.2, -0.15) is 0 Å². The van der Waals surface area contributed by atoms with Crippen LogP contribution in [-0.4, -0.2) is 58.9 Å². The Bertz CT molecular complexity index is 601. The molecule has 0 aromatic carbocycles. The van der Waals surface area contributed by atoms with Crippen LogP contribution < -0.4 is 4.74 Å². The minimum absolute atomic E-state index is 0.0205. The van der Waals surface area contributed by atoms with Gasteiger partial charge in [0.25, 0.3) is 5.91 Å². The Labute approximate surface area is 149 Å². The standard InChI is InChI=1S/C19H27N3O3/c1-14(2)17-12-21(9-7-18(23)22(17)11-15-5-6-15)19(24)13-25-16-4-3-8-20-10-16/h3-4,8,10,14-15,17H,5-7,9,11-13H2,1-2H3. The number of aromatic nitrogens is 1. The van der Waals surface area contributed by atoms with Crippen molar-refractivity contribution in [1.82, 2.24) is 14.8 Å². The Hall–Kier alpha value is -2.11. The molecule has 1 saturated carbocycles. The van der Waals surface area contributed by atoms with Gasteiger partial charge in [-0.25, -0.2) is 0 Å². The van der Waals surface area contributed by atoms with E-state index in [2.05, 4.69) is 18.8 Å². The zero-order valence-corrected chi connectivity index (χ0v) is 15.1. The Kier molecular flexibility index (Phi) is 5.56. The summed E-state index contributed by atoms with van der Waals surface area (Å²) in [6, 6.07) is 3.63. The van der Waals surface area contributed by atoms with E-state index in [1.54, 1.807) is 29.4 Å². The minimum atomic E-state index is -0.0735. The van der Waals surface area contributed by atoms with Gasteiger partial charge in [-0.3, -0.25) is 14.6 Å². The van der Waals surface area contributed by atoms with Crippen LogP contribution in [0.15, 0.2) is 24.5 Å². The fourth-order valence-electron chi connectivity index (χ4n) is 3.26. The van der Waals surface area contributed by atoms with E-state index in [1.165, 1.54) is 12.8 Å². The second-order valence-corrected chi connectivity index (χ2v) is 7.37. The molecule has 0 radical (unpaired) electrons. The Morgan fingerprint density at radius 1 is 1.40 bits per heavy atom. The fraction of sp³-hybridized carbons (Fsp3) is 0.632. The number of amides is 2. The molecule has 1 aliphatic carbocycles. The summed E-state index contributed by atoms with van der Waals surface area (Å²) in [6.45, 7) is 6.13. The van der Waals surface area contributed by atoms with Crippen molar-refractivity contribution in [3.8, 4) is 5.75 Å². The van der Waals surface area contributed by atoms with Gasteiger partial charge in [-0.05, 0) is 36.8 Å². The number of hydrogen-bond acceptors (Lipinski definition) is 4. The molecule has 0 bridgehead atoms. The number of hydrogen-bond donors (Lipinski definition) is 0. The Morgan fingerprint density at radius 3 is 2.84 bits per heavy atom. The molecule has 2 amide bonds. The molecule has 6 heteroatoms. The summed E-state index contributed by atoms with van der Waals surface area (Å²) in [5.74, 6) is 1.65. The minimum Gasteiger partial charge on any atom is -0.482 e. The highest BCUT2D eigenvalue weighted by Crippen LogP contribution is 2.32. The third-order valence-electron chi connectivity index (χ3n) is 4.99. The van der Waals surface area contributed by atoms with Crippen molar-refractivity contribution in [2.24, 2.45) is 11.8 Å². The molecule has 136 valence electrons. The molecule has 1 aromatic rings. The van der Waals surface area contributed by atoms with Crippen molar-refractivity contribution in [2.45, 2.75) is 39.2 Å². The first-order chi connectivity index (χ1) is 12.0. The monoisotopic (exact) mass is 345 g/mol. The van der Waals surface area contributed by atoms with E-state index < -0.39 is 0 Å². The summed E-state index contributed by atoms with van der Waals surface area (Å²) in [5, 5.41) is 0. The van der Waals surface area contributed by atoms with Crippen molar-refractivity contribution < 1.29 is 14.3 Å². The van der Waals surface area contributed by atoms with Crippen LogP contribution in [0.1, 0.15) is 33.1 Å². The first-order valence-corrected chi connectivity index (χ1v) is 9.14. The molecule has 1 saturated heterocycles. The highest BCUT2D eigenvalue weighted by atomic mass is 16.5. The number of rotatable bonds is 6. The van der Waals surface area contributed by atoms with E-state index in [9.17, 15) is 9.59 Å². The second kappa shape index (κ2) is 7.85. The molecule has 0 N–H and O–H groups in total. The highest BCUT2D eigenvalue weighted by Gasteiger charge is 2.36. The Balaban J connectivity index is 1.63. The average Bonchev–Trinajstić information content (AvgIpc) is 3.43. The van der Waals surface area contributed by atoms with Crippen LogP contribution in [-0.2, 0) is 9.59 Å². The molecule has 2 heterocycles. The number of ether oxygens (including phenoxy) is 1. The largest absolute Gasteiger partial charge is 0.482 e. The van der Waals surface area contributed by atoms with Gasteiger partial charge >= 0.3 is 0 Å².